The largest absolute Gasteiger partial charge is 0.494 e. The number of hydrogen-bond donors (Lipinski definition) is 4. The Balaban J connectivity index is 2.19. The number of H-pyrrole nitrogens is 1. The van der Waals surface area contributed by atoms with Gasteiger partial charge in [0.05, 0.1) is 17.4 Å². The van der Waals surface area contributed by atoms with Crippen molar-refractivity contribution in [2.75, 3.05) is 5.32 Å². The molecule has 0 unspecified atom stereocenters. The molecule has 2 aromatic heterocycles. The zero-order valence-corrected chi connectivity index (χ0v) is 9.95. The minimum Gasteiger partial charge on any atom is -0.494 e. The Morgan fingerprint density at radius 2 is 2.00 bits per heavy atom. The summed E-state index contributed by atoms with van der Waals surface area (Å²) in [6, 6.07) is 4.71. The fourth-order valence-corrected chi connectivity index (χ4v) is 1.46. The molecule has 0 saturated heterocycles. The highest BCUT2D eigenvalue weighted by molar-refractivity contribution is 6.04. The molecule has 0 aliphatic heterocycles. The predicted octanol–water partition coefficient (Wildman–Crippen LogP) is 0.426. The van der Waals surface area contributed by atoms with E-state index in [0.29, 0.717) is 0 Å². The number of amides is 1. The summed E-state index contributed by atoms with van der Waals surface area (Å²) in [5.74, 6) is -2.24. The fourth-order valence-electron chi connectivity index (χ4n) is 1.46. The molecule has 0 spiro atoms. The zero-order chi connectivity index (χ0) is 14.7. The molecule has 8 heteroatoms. The number of aromatic carboxylic acids is 1. The van der Waals surface area contributed by atoms with E-state index in [9.17, 15) is 19.5 Å². The lowest BCUT2D eigenvalue weighted by atomic mass is 10.2. The molecular weight excluding hydrogens is 266 g/mol. The van der Waals surface area contributed by atoms with E-state index in [4.69, 9.17) is 5.11 Å². The van der Waals surface area contributed by atoms with E-state index in [1.807, 2.05) is 0 Å². The lowest BCUT2D eigenvalue weighted by molar-refractivity contribution is 0.0690. The maximum Gasteiger partial charge on any atom is 0.354 e. The Kier molecular flexibility index (Phi) is 3.47. The Hall–Kier alpha value is -3.16. The van der Waals surface area contributed by atoms with E-state index < -0.39 is 23.3 Å². The Labute approximate surface area is 111 Å². The van der Waals surface area contributed by atoms with Gasteiger partial charge in [-0.05, 0) is 12.1 Å². The molecule has 8 nitrogen and oxygen atoms in total. The van der Waals surface area contributed by atoms with Crippen LogP contribution in [0.4, 0.5) is 5.69 Å². The number of carboxylic acids is 1. The average Bonchev–Trinajstić information content (AvgIpc) is 2.38. The van der Waals surface area contributed by atoms with Crippen molar-refractivity contribution in [3.05, 3.63) is 52.1 Å². The third-order valence-electron chi connectivity index (χ3n) is 2.33. The summed E-state index contributed by atoms with van der Waals surface area (Å²) < 4.78 is 0. The number of aromatic amines is 1. The number of carboxylic acid groups (broad SMARTS) is 1. The van der Waals surface area contributed by atoms with Crippen LogP contribution in [0, 0.1) is 0 Å². The van der Waals surface area contributed by atoms with Gasteiger partial charge in [-0.25, -0.2) is 9.78 Å². The normalized spacial score (nSPS) is 10.0. The summed E-state index contributed by atoms with van der Waals surface area (Å²) in [6.07, 6.45) is 1.17. The van der Waals surface area contributed by atoms with Crippen LogP contribution >= 0.6 is 0 Å². The number of anilines is 1. The Bertz CT molecular complexity index is 721. The van der Waals surface area contributed by atoms with Crippen molar-refractivity contribution < 1.29 is 19.8 Å². The van der Waals surface area contributed by atoms with Gasteiger partial charge in [-0.15, -0.1) is 0 Å². The second-order valence-corrected chi connectivity index (χ2v) is 3.81. The number of pyridine rings is 2. The number of hydrogen-bond acceptors (Lipinski definition) is 5. The molecule has 0 radical (unpaired) electrons. The van der Waals surface area contributed by atoms with E-state index in [2.05, 4.69) is 15.3 Å². The molecule has 102 valence electrons. The number of aromatic hydroxyl groups is 1. The van der Waals surface area contributed by atoms with Crippen molar-refractivity contribution >= 4 is 17.6 Å². The topological polar surface area (TPSA) is 132 Å². The summed E-state index contributed by atoms with van der Waals surface area (Å²) in [7, 11) is 0. The van der Waals surface area contributed by atoms with E-state index in [-0.39, 0.29) is 16.9 Å². The van der Waals surface area contributed by atoms with Crippen molar-refractivity contribution in [3.63, 3.8) is 0 Å². The molecule has 20 heavy (non-hydrogen) atoms. The van der Waals surface area contributed by atoms with Gasteiger partial charge in [0.15, 0.2) is 5.88 Å². The number of carbonyl (C=O) groups excluding carboxylic acids is 1. The predicted molar refractivity (Wildman–Crippen MR) is 67.9 cm³/mol. The van der Waals surface area contributed by atoms with Gasteiger partial charge in [0.25, 0.3) is 11.5 Å². The van der Waals surface area contributed by atoms with Gasteiger partial charge in [-0.3, -0.25) is 14.6 Å². The van der Waals surface area contributed by atoms with Crippen LogP contribution in [0.15, 0.2) is 35.3 Å². The summed E-state index contributed by atoms with van der Waals surface area (Å²) in [4.78, 5) is 39.3. The quantitative estimate of drug-likeness (QED) is 0.642. The van der Waals surface area contributed by atoms with Gasteiger partial charge in [0.2, 0.25) is 0 Å². The van der Waals surface area contributed by atoms with Crippen LogP contribution in [-0.4, -0.2) is 32.1 Å². The number of nitrogens with zero attached hydrogens (tertiary/aromatic N) is 1. The first-order valence-corrected chi connectivity index (χ1v) is 5.40. The molecular formula is C12H9N3O5. The molecule has 2 rings (SSSR count). The number of carbonyl (C=O) groups is 2. The monoisotopic (exact) mass is 275 g/mol. The van der Waals surface area contributed by atoms with Crippen molar-refractivity contribution in [1.29, 1.82) is 0 Å². The zero-order valence-electron chi connectivity index (χ0n) is 9.95. The minimum absolute atomic E-state index is 0.0337. The Morgan fingerprint density at radius 1 is 1.25 bits per heavy atom. The van der Waals surface area contributed by atoms with E-state index >= 15 is 0 Å². The van der Waals surface area contributed by atoms with Crippen molar-refractivity contribution in [2.24, 2.45) is 0 Å². The molecule has 0 aliphatic carbocycles. The smallest absolute Gasteiger partial charge is 0.354 e. The van der Waals surface area contributed by atoms with Crippen molar-refractivity contribution in [3.8, 4) is 5.88 Å². The molecule has 0 fully saturated rings. The van der Waals surface area contributed by atoms with Gasteiger partial charge in [-0.2, -0.15) is 0 Å². The van der Waals surface area contributed by atoms with Crippen molar-refractivity contribution in [1.82, 2.24) is 9.97 Å². The lowest BCUT2D eigenvalue weighted by Gasteiger charge is -2.05. The van der Waals surface area contributed by atoms with Gasteiger partial charge in [0, 0.05) is 12.1 Å². The highest BCUT2D eigenvalue weighted by atomic mass is 16.4. The summed E-state index contributed by atoms with van der Waals surface area (Å²) in [5.41, 5.74) is -0.542. The van der Waals surface area contributed by atoms with Gasteiger partial charge >= 0.3 is 5.97 Å². The molecule has 0 atom stereocenters. The minimum atomic E-state index is -1.18. The van der Waals surface area contributed by atoms with Gasteiger partial charge in [-0.1, -0.05) is 0 Å². The van der Waals surface area contributed by atoms with Gasteiger partial charge in [0.1, 0.15) is 5.69 Å². The van der Waals surface area contributed by atoms with Gasteiger partial charge < -0.3 is 15.5 Å². The van der Waals surface area contributed by atoms with E-state index in [1.54, 1.807) is 0 Å². The van der Waals surface area contributed by atoms with Crippen molar-refractivity contribution in [2.45, 2.75) is 0 Å². The standard InChI is InChI=1S/C12H9N3O5/c16-9-3-6(4-10(17)15-9)11(18)14-7-1-2-8(12(19)20)13-5-7/h1-5H,(H,14,18)(H,19,20)(H2,15,16,17). The summed E-state index contributed by atoms with van der Waals surface area (Å²) in [6.45, 7) is 0. The van der Waals surface area contributed by atoms with Crippen LogP contribution in [0.1, 0.15) is 20.8 Å². The van der Waals surface area contributed by atoms with Crippen LogP contribution < -0.4 is 10.9 Å². The highest BCUT2D eigenvalue weighted by Gasteiger charge is 2.10. The highest BCUT2D eigenvalue weighted by Crippen LogP contribution is 2.10. The first-order valence-electron chi connectivity index (χ1n) is 5.40. The lowest BCUT2D eigenvalue weighted by Crippen LogP contribution is -2.16. The maximum atomic E-state index is 11.8. The fraction of sp³-hybridized carbons (Fsp3) is 0. The SMILES string of the molecule is O=C(Nc1ccc(C(=O)O)nc1)c1cc(O)[nH]c(=O)c1. The Morgan fingerprint density at radius 3 is 2.55 bits per heavy atom. The molecule has 2 heterocycles. The van der Waals surface area contributed by atoms with E-state index in [0.717, 1.165) is 12.1 Å². The van der Waals surface area contributed by atoms with Crippen LogP contribution in [-0.2, 0) is 0 Å². The molecule has 4 N–H and O–H groups in total. The maximum absolute atomic E-state index is 11.8. The molecule has 0 bridgehead atoms. The molecule has 2 aromatic rings. The first-order chi connectivity index (χ1) is 9.45. The van der Waals surface area contributed by atoms with Crippen LogP contribution in [0.25, 0.3) is 0 Å². The number of nitrogens with one attached hydrogen (secondary N) is 2. The third kappa shape index (κ3) is 2.99. The number of rotatable bonds is 3. The summed E-state index contributed by atoms with van der Waals surface area (Å²) >= 11 is 0. The third-order valence-corrected chi connectivity index (χ3v) is 2.33. The molecule has 1 amide bonds. The van der Waals surface area contributed by atoms with Crippen LogP contribution in [0.3, 0.4) is 0 Å². The van der Waals surface area contributed by atoms with Crippen LogP contribution in [0.5, 0.6) is 5.88 Å². The number of aromatic nitrogens is 2. The molecule has 0 aliphatic rings. The molecule has 0 aromatic carbocycles. The first kappa shape index (κ1) is 13.3. The second kappa shape index (κ2) is 5.22. The second-order valence-electron chi connectivity index (χ2n) is 3.81. The summed E-state index contributed by atoms with van der Waals surface area (Å²) in [5, 5.41) is 20.3. The average molecular weight is 275 g/mol. The molecule has 0 saturated carbocycles. The van der Waals surface area contributed by atoms with E-state index in [1.165, 1.54) is 18.3 Å². The van der Waals surface area contributed by atoms with Crippen LogP contribution in [0.2, 0.25) is 0 Å².